The first-order valence-electron chi connectivity index (χ1n) is 13.4. The average Bonchev–Trinajstić information content (AvgIpc) is 3.41. The Bertz CT molecular complexity index is 1330. The van der Waals surface area contributed by atoms with Crippen molar-refractivity contribution in [3.8, 4) is 0 Å². The number of carbonyl (C=O) groups excluding carboxylic acids is 2. The van der Waals surface area contributed by atoms with Crippen LogP contribution in [0.25, 0.3) is 0 Å². The van der Waals surface area contributed by atoms with Crippen molar-refractivity contribution < 1.29 is 14.7 Å². The van der Waals surface area contributed by atoms with Crippen LogP contribution < -0.4 is 16.0 Å². The molecule has 2 amide bonds. The topological polar surface area (TPSA) is 90.5 Å². The van der Waals surface area contributed by atoms with Gasteiger partial charge in [0.05, 0.1) is 18.2 Å². The monoisotopic (exact) mass is 621 g/mol. The Balaban J connectivity index is 1.47. The lowest BCUT2D eigenvalue weighted by Crippen LogP contribution is -2.51. The fourth-order valence-electron chi connectivity index (χ4n) is 6.81. The highest BCUT2D eigenvalue weighted by Gasteiger charge is 2.65. The fourth-order valence-corrected chi connectivity index (χ4v) is 7.30. The molecule has 6 rings (SSSR count). The number of benzene rings is 3. The van der Waals surface area contributed by atoms with Crippen molar-refractivity contribution in [2.75, 3.05) is 5.32 Å². The van der Waals surface area contributed by atoms with Gasteiger partial charge in [-0.15, -0.1) is 0 Å². The van der Waals surface area contributed by atoms with Crippen LogP contribution in [-0.2, 0) is 21.4 Å². The SMILES string of the molecule is O=C(NC1CCC(O)CC1)[C@@H]1N[C@@H](c2ccccc2)[C@@]2(C(=O)Nc3cc(I)ccc32)[C@H]1Cc1ccccc1. The predicted octanol–water partition coefficient (Wildman–Crippen LogP) is 4.47. The number of halogens is 1. The molecule has 1 saturated heterocycles. The molecule has 196 valence electrons. The molecule has 3 aromatic carbocycles. The molecule has 6 nitrogen and oxygen atoms in total. The molecule has 0 unspecified atom stereocenters. The third-order valence-electron chi connectivity index (χ3n) is 8.60. The molecular weight excluding hydrogens is 589 g/mol. The van der Waals surface area contributed by atoms with E-state index >= 15 is 0 Å². The van der Waals surface area contributed by atoms with Gasteiger partial charge in [0.25, 0.3) is 0 Å². The van der Waals surface area contributed by atoms with E-state index in [0.29, 0.717) is 19.3 Å². The van der Waals surface area contributed by atoms with Crippen LogP contribution in [0.5, 0.6) is 0 Å². The van der Waals surface area contributed by atoms with Gasteiger partial charge in [-0.3, -0.25) is 14.9 Å². The highest BCUT2D eigenvalue weighted by molar-refractivity contribution is 14.1. The zero-order valence-electron chi connectivity index (χ0n) is 21.1. The standard InChI is InChI=1S/C31H32IN3O3/c32-21-11-16-24-26(18-21)34-30(38)31(24)25(17-19-7-3-1-4-8-19)27(35-28(31)20-9-5-2-6-10-20)29(37)33-22-12-14-23(36)15-13-22/h1-11,16,18,22-23,25,27-28,35-36H,12-15,17H2,(H,33,37)(H,34,38)/t22?,23?,25-,27+,28-,31-/m0/s1. The Kier molecular flexibility index (Phi) is 7.01. The van der Waals surface area contributed by atoms with E-state index in [1.165, 1.54) is 0 Å². The number of aliphatic hydroxyl groups is 1. The lowest BCUT2D eigenvalue weighted by Gasteiger charge is -2.35. The Morgan fingerprint density at radius 2 is 1.66 bits per heavy atom. The van der Waals surface area contributed by atoms with E-state index in [1.54, 1.807) is 0 Å². The van der Waals surface area contributed by atoms with Crippen molar-refractivity contribution in [3.63, 3.8) is 0 Å². The van der Waals surface area contributed by atoms with E-state index in [2.05, 4.69) is 56.7 Å². The number of amides is 2. The molecule has 1 aliphatic carbocycles. The molecule has 0 aromatic heterocycles. The van der Waals surface area contributed by atoms with Crippen molar-refractivity contribution in [2.45, 2.75) is 61.7 Å². The lowest BCUT2D eigenvalue weighted by molar-refractivity contribution is -0.126. The maximum absolute atomic E-state index is 14.2. The first-order chi connectivity index (χ1) is 18.5. The quantitative estimate of drug-likeness (QED) is 0.317. The van der Waals surface area contributed by atoms with Crippen molar-refractivity contribution in [1.82, 2.24) is 10.6 Å². The fraction of sp³-hybridized carbons (Fsp3) is 0.355. The minimum atomic E-state index is -0.957. The summed E-state index contributed by atoms with van der Waals surface area (Å²) >= 11 is 2.27. The molecular formula is C31H32IN3O3. The normalized spacial score (nSPS) is 30.2. The maximum Gasteiger partial charge on any atom is 0.237 e. The van der Waals surface area contributed by atoms with Crippen LogP contribution in [0.4, 0.5) is 5.69 Å². The zero-order chi connectivity index (χ0) is 26.3. The summed E-state index contributed by atoms with van der Waals surface area (Å²) in [6.07, 6.45) is 3.21. The van der Waals surface area contributed by atoms with Crippen LogP contribution >= 0.6 is 22.6 Å². The summed E-state index contributed by atoms with van der Waals surface area (Å²) in [5.41, 5.74) is 2.90. The van der Waals surface area contributed by atoms with Gasteiger partial charge in [0.2, 0.25) is 11.8 Å². The first kappa shape index (κ1) is 25.5. The van der Waals surface area contributed by atoms with Crippen LogP contribution in [0.1, 0.15) is 48.4 Å². The van der Waals surface area contributed by atoms with Gasteiger partial charge in [-0.25, -0.2) is 0 Å². The molecule has 38 heavy (non-hydrogen) atoms. The first-order valence-corrected chi connectivity index (χ1v) is 14.5. The molecule has 3 aliphatic rings. The second-order valence-electron chi connectivity index (χ2n) is 10.8. The van der Waals surface area contributed by atoms with Gasteiger partial charge in [0.1, 0.15) is 5.41 Å². The number of hydrogen-bond donors (Lipinski definition) is 4. The van der Waals surface area contributed by atoms with E-state index in [-0.39, 0.29) is 35.9 Å². The van der Waals surface area contributed by atoms with Gasteiger partial charge in [-0.05, 0) is 83.5 Å². The predicted molar refractivity (Wildman–Crippen MR) is 156 cm³/mol. The number of fused-ring (bicyclic) bond motifs is 2. The lowest BCUT2D eigenvalue weighted by atomic mass is 9.64. The molecule has 7 heteroatoms. The molecule has 1 spiro atoms. The number of carbonyl (C=O) groups is 2. The molecule has 2 heterocycles. The van der Waals surface area contributed by atoms with Gasteiger partial charge in [-0.2, -0.15) is 0 Å². The zero-order valence-corrected chi connectivity index (χ0v) is 23.2. The van der Waals surface area contributed by atoms with Crippen molar-refractivity contribution in [3.05, 3.63) is 99.1 Å². The molecule has 2 fully saturated rings. The molecule has 0 bridgehead atoms. The van der Waals surface area contributed by atoms with E-state index in [9.17, 15) is 14.7 Å². The van der Waals surface area contributed by atoms with Crippen LogP contribution in [0, 0.1) is 9.49 Å². The number of aliphatic hydroxyl groups excluding tert-OH is 1. The van der Waals surface area contributed by atoms with Gasteiger partial charge in [0, 0.05) is 21.2 Å². The molecule has 1 saturated carbocycles. The van der Waals surface area contributed by atoms with Crippen LogP contribution in [0.2, 0.25) is 0 Å². The highest BCUT2D eigenvalue weighted by Crippen LogP contribution is 2.56. The second kappa shape index (κ2) is 10.4. The number of nitrogens with one attached hydrogen (secondary N) is 3. The van der Waals surface area contributed by atoms with E-state index in [1.807, 2.05) is 60.7 Å². The number of anilines is 1. The summed E-state index contributed by atoms with van der Waals surface area (Å²) < 4.78 is 1.05. The minimum absolute atomic E-state index is 0.0306. The van der Waals surface area contributed by atoms with E-state index in [0.717, 1.165) is 38.8 Å². The second-order valence-corrected chi connectivity index (χ2v) is 12.1. The van der Waals surface area contributed by atoms with Gasteiger partial charge >= 0.3 is 0 Å². The number of rotatable bonds is 5. The Labute approximate surface area is 236 Å². The van der Waals surface area contributed by atoms with E-state index < -0.39 is 11.5 Å². The summed E-state index contributed by atoms with van der Waals surface area (Å²) in [5, 5.41) is 20.1. The molecule has 3 aromatic rings. The molecule has 4 N–H and O–H groups in total. The average molecular weight is 622 g/mol. The van der Waals surface area contributed by atoms with E-state index in [4.69, 9.17) is 0 Å². The third kappa shape index (κ3) is 4.44. The molecule has 4 atom stereocenters. The van der Waals surface area contributed by atoms with Crippen LogP contribution in [0.15, 0.2) is 78.9 Å². The smallest absolute Gasteiger partial charge is 0.237 e. The Hall–Kier alpha value is -2.75. The summed E-state index contributed by atoms with van der Waals surface area (Å²) in [6.45, 7) is 0. The summed E-state index contributed by atoms with van der Waals surface area (Å²) in [6, 6.07) is 25.4. The van der Waals surface area contributed by atoms with Crippen molar-refractivity contribution in [1.29, 1.82) is 0 Å². The maximum atomic E-state index is 14.2. The van der Waals surface area contributed by atoms with Crippen molar-refractivity contribution in [2.24, 2.45) is 5.92 Å². The molecule has 0 radical (unpaired) electrons. The minimum Gasteiger partial charge on any atom is -0.393 e. The summed E-state index contributed by atoms with van der Waals surface area (Å²) in [4.78, 5) is 28.2. The largest absolute Gasteiger partial charge is 0.393 e. The summed E-state index contributed by atoms with van der Waals surface area (Å²) in [7, 11) is 0. The highest BCUT2D eigenvalue weighted by atomic mass is 127. The summed E-state index contributed by atoms with van der Waals surface area (Å²) in [5.74, 6) is -0.449. The molecule has 2 aliphatic heterocycles. The third-order valence-corrected chi connectivity index (χ3v) is 9.27. The number of hydrogen-bond acceptors (Lipinski definition) is 4. The van der Waals surface area contributed by atoms with Crippen LogP contribution in [0.3, 0.4) is 0 Å². The van der Waals surface area contributed by atoms with Gasteiger partial charge in [-0.1, -0.05) is 66.7 Å². The van der Waals surface area contributed by atoms with Gasteiger partial charge in [0.15, 0.2) is 0 Å². The Morgan fingerprint density at radius 3 is 2.37 bits per heavy atom. The van der Waals surface area contributed by atoms with Gasteiger partial charge < -0.3 is 15.7 Å². The van der Waals surface area contributed by atoms with Crippen LogP contribution in [-0.4, -0.2) is 35.1 Å². The Morgan fingerprint density at radius 1 is 0.974 bits per heavy atom. The van der Waals surface area contributed by atoms with Crippen molar-refractivity contribution >= 4 is 40.1 Å².